The fourth-order valence-corrected chi connectivity index (χ4v) is 3.28. The molecule has 0 aliphatic carbocycles. The molecule has 2 unspecified atom stereocenters. The summed E-state index contributed by atoms with van der Waals surface area (Å²) < 4.78 is 11.7. The lowest BCUT2D eigenvalue weighted by molar-refractivity contribution is 0.103. The van der Waals surface area contributed by atoms with Crippen LogP contribution in [0, 0.1) is 27.7 Å². The zero-order valence-electron chi connectivity index (χ0n) is 18.0. The fourth-order valence-electron chi connectivity index (χ4n) is 3.28. The van der Waals surface area contributed by atoms with Crippen LogP contribution in [0.25, 0.3) is 11.1 Å². The lowest BCUT2D eigenvalue weighted by atomic mass is 9.96. The molecular formula is C24H34O4. The first-order valence-electron chi connectivity index (χ1n) is 10.1. The van der Waals surface area contributed by atoms with Gasteiger partial charge in [-0.05, 0) is 98.2 Å². The predicted octanol–water partition coefficient (Wildman–Crippen LogP) is 4.89. The lowest BCUT2D eigenvalue weighted by Gasteiger charge is -2.18. The van der Waals surface area contributed by atoms with E-state index >= 15 is 0 Å². The average Bonchev–Trinajstić information content (AvgIpc) is 2.65. The van der Waals surface area contributed by atoms with Gasteiger partial charge in [0, 0.05) is 0 Å². The van der Waals surface area contributed by atoms with Crippen molar-refractivity contribution in [3.05, 3.63) is 46.5 Å². The molecule has 2 aromatic rings. The minimum Gasteiger partial charge on any atom is -0.490 e. The Hall–Kier alpha value is -2.04. The van der Waals surface area contributed by atoms with E-state index in [1.165, 1.54) is 0 Å². The summed E-state index contributed by atoms with van der Waals surface area (Å²) in [6.45, 7) is 12.6. The summed E-state index contributed by atoms with van der Waals surface area (Å²) in [7, 11) is 0. The third-order valence-electron chi connectivity index (χ3n) is 5.04. The summed E-state index contributed by atoms with van der Waals surface area (Å²) in [5.41, 5.74) is 6.48. The van der Waals surface area contributed by atoms with Crippen LogP contribution in [0.4, 0.5) is 0 Å². The van der Waals surface area contributed by atoms with Crippen LogP contribution in [0.5, 0.6) is 11.5 Å². The molecule has 0 amide bonds. The van der Waals surface area contributed by atoms with Crippen LogP contribution < -0.4 is 9.47 Å². The molecular weight excluding hydrogens is 352 g/mol. The normalized spacial score (nSPS) is 13.3. The maximum absolute atomic E-state index is 9.76. The number of aryl methyl sites for hydroxylation is 4. The number of hydrogen-bond donors (Lipinski definition) is 2. The second-order valence-corrected chi connectivity index (χ2v) is 7.62. The number of hydrogen-bond acceptors (Lipinski definition) is 4. The summed E-state index contributed by atoms with van der Waals surface area (Å²) in [5, 5.41) is 19.5. The van der Waals surface area contributed by atoms with Crippen molar-refractivity contribution in [2.45, 2.75) is 66.6 Å². The Morgan fingerprint density at radius 2 is 0.929 bits per heavy atom. The van der Waals surface area contributed by atoms with Crippen LogP contribution in [0.15, 0.2) is 24.3 Å². The van der Waals surface area contributed by atoms with Gasteiger partial charge in [0.25, 0.3) is 0 Å². The van der Waals surface area contributed by atoms with Gasteiger partial charge >= 0.3 is 0 Å². The molecule has 4 heteroatoms. The van der Waals surface area contributed by atoms with Crippen molar-refractivity contribution in [2.24, 2.45) is 0 Å². The van der Waals surface area contributed by atoms with E-state index in [1.807, 2.05) is 41.5 Å². The number of rotatable bonds is 9. The molecule has 0 heterocycles. The van der Waals surface area contributed by atoms with E-state index < -0.39 is 12.2 Å². The highest BCUT2D eigenvalue weighted by atomic mass is 16.5. The van der Waals surface area contributed by atoms with E-state index in [0.717, 1.165) is 44.9 Å². The smallest absolute Gasteiger partial charge is 0.125 e. The monoisotopic (exact) mass is 386 g/mol. The molecule has 2 rings (SSSR count). The highest BCUT2D eigenvalue weighted by molar-refractivity contribution is 5.70. The van der Waals surface area contributed by atoms with Gasteiger partial charge < -0.3 is 19.7 Å². The molecule has 0 fully saturated rings. The Morgan fingerprint density at radius 3 is 1.18 bits per heavy atom. The van der Waals surface area contributed by atoms with E-state index in [4.69, 9.17) is 9.47 Å². The van der Waals surface area contributed by atoms with Gasteiger partial charge in [0.2, 0.25) is 0 Å². The largest absolute Gasteiger partial charge is 0.490 e. The minimum absolute atomic E-state index is 0.311. The van der Waals surface area contributed by atoms with Gasteiger partial charge in [0.1, 0.15) is 24.7 Å². The van der Waals surface area contributed by atoms with Crippen LogP contribution in [0.1, 0.15) is 48.9 Å². The zero-order valence-corrected chi connectivity index (χ0v) is 18.0. The van der Waals surface area contributed by atoms with Crippen molar-refractivity contribution in [3.8, 4) is 22.6 Å². The molecule has 2 aromatic carbocycles. The number of aliphatic hydroxyl groups is 2. The van der Waals surface area contributed by atoms with E-state index in [1.54, 1.807) is 0 Å². The van der Waals surface area contributed by atoms with Gasteiger partial charge in [-0.25, -0.2) is 0 Å². The first-order valence-corrected chi connectivity index (χ1v) is 10.1. The van der Waals surface area contributed by atoms with E-state index in [2.05, 4.69) is 24.3 Å². The second-order valence-electron chi connectivity index (χ2n) is 7.62. The quantitative estimate of drug-likeness (QED) is 0.644. The van der Waals surface area contributed by atoms with Crippen LogP contribution in [-0.4, -0.2) is 35.6 Å². The zero-order chi connectivity index (χ0) is 20.8. The molecule has 0 bridgehead atoms. The predicted molar refractivity (Wildman–Crippen MR) is 114 cm³/mol. The molecule has 0 aromatic heterocycles. The molecule has 0 aliphatic rings. The molecule has 154 valence electrons. The van der Waals surface area contributed by atoms with Crippen molar-refractivity contribution in [2.75, 3.05) is 13.2 Å². The van der Waals surface area contributed by atoms with Crippen molar-refractivity contribution in [1.29, 1.82) is 0 Å². The third-order valence-corrected chi connectivity index (χ3v) is 5.04. The fraction of sp³-hybridized carbons (Fsp3) is 0.500. The summed E-state index contributed by atoms with van der Waals surface area (Å²) >= 11 is 0. The molecule has 2 atom stereocenters. The van der Waals surface area contributed by atoms with Gasteiger partial charge in [0.15, 0.2) is 0 Å². The molecule has 28 heavy (non-hydrogen) atoms. The van der Waals surface area contributed by atoms with Crippen molar-refractivity contribution in [1.82, 2.24) is 0 Å². The maximum atomic E-state index is 9.76. The van der Waals surface area contributed by atoms with Gasteiger partial charge in [-0.3, -0.25) is 0 Å². The SMILES string of the molecule is CCC(O)COc1c(C)cc(-c2cc(C)c(OCC(O)CC)c(C)c2)cc1C. The summed E-state index contributed by atoms with van der Waals surface area (Å²) in [6.07, 6.45) is 0.474. The standard InChI is InChI=1S/C24H34O4/c1-7-21(25)13-27-23-15(3)9-19(10-16(23)4)20-11-17(5)24(18(6)12-20)28-14-22(26)8-2/h9-12,21-22,25-26H,7-8,13-14H2,1-6H3. The van der Waals surface area contributed by atoms with Crippen molar-refractivity contribution in [3.63, 3.8) is 0 Å². The Kier molecular flexibility index (Phi) is 7.90. The summed E-state index contributed by atoms with van der Waals surface area (Å²) in [5.74, 6) is 1.69. The summed E-state index contributed by atoms with van der Waals surface area (Å²) in [6, 6.07) is 8.49. The van der Waals surface area contributed by atoms with Crippen LogP contribution in [-0.2, 0) is 0 Å². The third kappa shape index (κ3) is 5.49. The molecule has 4 nitrogen and oxygen atoms in total. The van der Waals surface area contributed by atoms with E-state index in [-0.39, 0.29) is 0 Å². The van der Waals surface area contributed by atoms with Crippen LogP contribution >= 0.6 is 0 Å². The Balaban J connectivity index is 2.27. The molecule has 0 aliphatic heterocycles. The van der Waals surface area contributed by atoms with Crippen LogP contribution in [0.2, 0.25) is 0 Å². The number of benzene rings is 2. The van der Waals surface area contributed by atoms with E-state index in [0.29, 0.717) is 26.1 Å². The van der Waals surface area contributed by atoms with Crippen LogP contribution in [0.3, 0.4) is 0 Å². The van der Waals surface area contributed by atoms with Gasteiger partial charge in [-0.15, -0.1) is 0 Å². The topological polar surface area (TPSA) is 58.9 Å². The highest BCUT2D eigenvalue weighted by Crippen LogP contribution is 2.34. The van der Waals surface area contributed by atoms with Gasteiger partial charge in [0.05, 0.1) is 12.2 Å². The van der Waals surface area contributed by atoms with E-state index in [9.17, 15) is 10.2 Å². The van der Waals surface area contributed by atoms with Crippen molar-refractivity contribution >= 4 is 0 Å². The maximum Gasteiger partial charge on any atom is 0.125 e. The molecule has 2 N–H and O–H groups in total. The minimum atomic E-state index is -0.442. The Labute approximate surface area is 169 Å². The molecule has 0 radical (unpaired) electrons. The first kappa shape index (κ1) is 22.3. The first-order chi connectivity index (χ1) is 13.3. The molecule has 0 spiro atoms. The number of aliphatic hydroxyl groups excluding tert-OH is 2. The van der Waals surface area contributed by atoms with Crippen molar-refractivity contribution < 1.29 is 19.7 Å². The molecule has 0 saturated heterocycles. The number of ether oxygens (including phenoxy) is 2. The molecule has 0 saturated carbocycles. The Bertz CT molecular complexity index is 684. The summed E-state index contributed by atoms with van der Waals surface area (Å²) in [4.78, 5) is 0. The van der Waals surface area contributed by atoms with Gasteiger partial charge in [-0.1, -0.05) is 13.8 Å². The average molecular weight is 387 g/mol. The van der Waals surface area contributed by atoms with Gasteiger partial charge in [-0.2, -0.15) is 0 Å². The lowest BCUT2D eigenvalue weighted by Crippen LogP contribution is -2.17. The Morgan fingerprint density at radius 1 is 0.643 bits per heavy atom. The highest BCUT2D eigenvalue weighted by Gasteiger charge is 2.13. The second kappa shape index (κ2) is 9.94.